The predicted octanol–water partition coefficient (Wildman–Crippen LogP) is 2.39. The molecule has 0 aromatic heterocycles. The Labute approximate surface area is 130 Å². The number of amides is 1. The summed E-state index contributed by atoms with van der Waals surface area (Å²) in [6, 6.07) is 5.57. The summed E-state index contributed by atoms with van der Waals surface area (Å²) in [7, 11) is 0. The van der Waals surface area contributed by atoms with E-state index in [1.54, 1.807) is 18.2 Å². The molecule has 0 spiro atoms. The van der Waals surface area contributed by atoms with E-state index >= 15 is 0 Å². The molecule has 1 aliphatic carbocycles. The lowest BCUT2D eigenvalue weighted by atomic mass is 9.76. The molecule has 2 aliphatic rings. The second kappa shape index (κ2) is 6.57. The normalized spacial score (nSPS) is 26.0. The molecule has 3 atom stereocenters. The number of carbonyl (C=O) groups excluding carboxylic acids is 1. The first-order chi connectivity index (χ1) is 10.7. The van der Waals surface area contributed by atoms with Crippen molar-refractivity contribution in [3.63, 3.8) is 0 Å². The molecular formula is C17H23NO4. The van der Waals surface area contributed by atoms with Crippen molar-refractivity contribution in [2.24, 2.45) is 5.92 Å². The molecule has 5 nitrogen and oxygen atoms in total. The molecule has 1 N–H and O–H groups in total. The second-order valence-corrected chi connectivity index (χ2v) is 5.70. The molecule has 2 fully saturated rings. The molecule has 1 aliphatic heterocycles. The standard InChI is InChI=1S/C17H23NO4/c1-3-20-14-6-5-11(9-16(14)21-4-2)17(19)18-13-10-15-12(13)7-8-22-15/h5-6,9,12-13,15H,3-4,7-8,10H2,1-2H3,(H,18,19)/t12-,13+,15+/m1/s1. The van der Waals surface area contributed by atoms with Gasteiger partial charge in [-0.05, 0) is 44.9 Å². The van der Waals surface area contributed by atoms with Crippen LogP contribution < -0.4 is 14.8 Å². The van der Waals surface area contributed by atoms with Gasteiger partial charge in [0.2, 0.25) is 0 Å². The van der Waals surface area contributed by atoms with Crippen LogP contribution in [-0.2, 0) is 4.74 Å². The van der Waals surface area contributed by atoms with Crippen molar-refractivity contribution in [1.29, 1.82) is 0 Å². The number of benzene rings is 1. The summed E-state index contributed by atoms with van der Waals surface area (Å²) in [4.78, 5) is 12.4. The highest BCUT2D eigenvalue weighted by atomic mass is 16.5. The van der Waals surface area contributed by atoms with Crippen LogP contribution in [0.3, 0.4) is 0 Å². The Kier molecular flexibility index (Phi) is 4.52. The fraction of sp³-hybridized carbons (Fsp3) is 0.588. The fourth-order valence-electron chi connectivity index (χ4n) is 3.21. The minimum absolute atomic E-state index is 0.0562. The van der Waals surface area contributed by atoms with Crippen molar-refractivity contribution in [2.45, 2.75) is 38.8 Å². The summed E-state index contributed by atoms with van der Waals surface area (Å²) in [6.07, 6.45) is 2.32. The number of rotatable bonds is 6. The number of carbonyl (C=O) groups is 1. The maximum absolute atomic E-state index is 12.4. The summed E-state index contributed by atoms with van der Waals surface area (Å²) in [6.45, 7) is 5.76. The topological polar surface area (TPSA) is 56.8 Å². The Hall–Kier alpha value is -1.75. The molecule has 1 amide bonds. The highest BCUT2D eigenvalue weighted by Gasteiger charge is 2.45. The summed E-state index contributed by atoms with van der Waals surface area (Å²) in [5.74, 6) is 1.72. The van der Waals surface area contributed by atoms with Gasteiger partial charge in [-0.3, -0.25) is 4.79 Å². The number of hydrogen-bond acceptors (Lipinski definition) is 4. The first-order valence-electron chi connectivity index (χ1n) is 8.05. The summed E-state index contributed by atoms with van der Waals surface area (Å²) in [5, 5.41) is 3.11. The van der Waals surface area contributed by atoms with E-state index in [-0.39, 0.29) is 11.9 Å². The summed E-state index contributed by atoms with van der Waals surface area (Å²) >= 11 is 0. The summed E-state index contributed by atoms with van der Waals surface area (Å²) < 4.78 is 16.7. The van der Waals surface area contributed by atoms with E-state index in [2.05, 4.69) is 5.32 Å². The van der Waals surface area contributed by atoms with Crippen LogP contribution in [0.25, 0.3) is 0 Å². The van der Waals surface area contributed by atoms with Crippen LogP contribution in [-0.4, -0.2) is 37.9 Å². The molecule has 0 bridgehead atoms. The predicted molar refractivity (Wildman–Crippen MR) is 82.5 cm³/mol. The van der Waals surface area contributed by atoms with Gasteiger partial charge in [-0.25, -0.2) is 0 Å². The van der Waals surface area contributed by atoms with Crippen molar-refractivity contribution in [3.05, 3.63) is 23.8 Å². The zero-order valence-electron chi connectivity index (χ0n) is 13.1. The maximum atomic E-state index is 12.4. The van der Waals surface area contributed by atoms with E-state index in [9.17, 15) is 4.79 Å². The van der Waals surface area contributed by atoms with E-state index in [0.717, 1.165) is 19.4 Å². The van der Waals surface area contributed by atoms with Crippen molar-refractivity contribution in [2.75, 3.05) is 19.8 Å². The van der Waals surface area contributed by atoms with E-state index < -0.39 is 0 Å². The molecule has 1 aromatic rings. The molecule has 120 valence electrons. The van der Waals surface area contributed by atoms with Crippen LogP contribution in [0.15, 0.2) is 18.2 Å². The van der Waals surface area contributed by atoms with Gasteiger partial charge in [0.15, 0.2) is 11.5 Å². The van der Waals surface area contributed by atoms with Crippen LogP contribution in [0.4, 0.5) is 0 Å². The van der Waals surface area contributed by atoms with Crippen LogP contribution in [0.5, 0.6) is 11.5 Å². The first kappa shape index (κ1) is 15.2. The Balaban J connectivity index is 1.67. The maximum Gasteiger partial charge on any atom is 0.251 e. The highest BCUT2D eigenvalue weighted by Crippen LogP contribution is 2.38. The van der Waals surface area contributed by atoms with Gasteiger partial charge in [0, 0.05) is 24.1 Å². The zero-order chi connectivity index (χ0) is 15.5. The van der Waals surface area contributed by atoms with E-state index in [1.807, 2.05) is 13.8 Å². The lowest BCUT2D eigenvalue weighted by molar-refractivity contribution is 0.00809. The molecule has 1 aromatic carbocycles. The Bertz CT molecular complexity index is 545. The third kappa shape index (κ3) is 2.90. The molecule has 22 heavy (non-hydrogen) atoms. The van der Waals surface area contributed by atoms with Crippen molar-refractivity contribution in [1.82, 2.24) is 5.32 Å². The van der Waals surface area contributed by atoms with Gasteiger partial charge >= 0.3 is 0 Å². The molecule has 5 heteroatoms. The number of ether oxygens (including phenoxy) is 3. The second-order valence-electron chi connectivity index (χ2n) is 5.70. The molecule has 1 heterocycles. The van der Waals surface area contributed by atoms with Gasteiger partial charge in [0.25, 0.3) is 5.91 Å². The molecule has 0 unspecified atom stereocenters. The highest BCUT2D eigenvalue weighted by molar-refractivity contribution is 5.95. The van der Waals surface area contributed by atoms with Crippen molar-refractivity contribution >= 4 is 5.91 Å². The van der Waals surface area contributed by atoms with Crippen molar-refractivity contribution in [3.8, 4) is 11.5 Å². The average molecular weight is 305 g/mol. The van der Waals surface area contributed by atoms with E-state index in [1.165, 1.54) is 0 Å². The molecular weight excluding hydrogens is 282 g/mol. The minimum atomic E-state index is -0.0562. The SMILES string of the molecule is CCOc1ccc(C(=O)N[C@H]2C[C@@H]3OCC[C@H]23)cc1OCC. The quantitative estimate of drug-likeness (QED) is 0.877. The Morgan fingerprint density at radius 3 is 2.77 bits per heavy atom. The van der Waals surface area contributed by atoms with Crippen LogP contribution in [0.2, 0.25) is 0 Å². The Morgan fingerprint density at radius 1 is 1.27 bits per heavy atom. The van der Waals surface area contributed by atoms with Gasteiger partial charge in [0.05, 0.1) is 19.3 Å². The van der Waals surface area contributed by atoms with Crippen molar-refractivity contribution < 1.29 is 19.0 Å². The Morgan fingerprint density at radius 2 is 2.05 bits per heavy atom. The van der Waals surface area contributed by atoms with Crippen LogP contribution in [0, 0.1) is 5.92 Å². The van der Waals surface area contributed by atoms with Gasteiger partial charge < -0.3 is 19.5 Å². The van der Waals surface area contributed by atoms with E-state index in [4.69, 9.17) is 14.2 Å². The average Bonchev–Trinajstić information content (AvgIpc) is 2.88. The number of fused-ring (bicyclic) bond motifs is 1. The van der Waals surface area contributed by atoms with Crippen LogP contribution >= 0.6 is 0 Å². The number of nitrogens with one attached hydrogen (secondary N) is 1. The molecule has 3 rings (SSSR count). The lowest BCUT2D eigenvalue weighted by Crippen LogP contribution is -2.53. The monoisotopic (exact) mass is 305 g/mol. The zero-order valence-corrected chi connectivity index (χ0v) is 13.1. The fourth-order valence-corrected chi connectivity index (χ4v) is 3.21. The lowest BCUT2D eigenvalue weighted by Gasteiger charge is -2.39. The van der Waals surface area contributed by atoms with Gasteiger partial charge in [-0.1, -0.05) is 0 Å². The first-order valence-corrected chi connectivity index (χ1v) is 8.05. The van der Waals surface area contributed by atoms with Gasteiger partial charge in [0.1, 0.15) is 0 Å². The van der Waals surface area contributed by atoms with Gasteiger partial charge in [-0.2, -0.15) is 0 Å². The molecule has 1 saturated carbocycles. The third-order valence-electron chi connectivity index (χ3n) is 4.39. The summed E-state index contributed by atoms with van der Waals surface area (Å²) in [5.41, 5.74) is 0.606. The van der Waals surface area contributed by atoms with Crippen LogP contribution in [0.1, 0.15) is 37.0 Å². The number of hydrogen-bond donors (Lipinski definition) is 1. The van der Waals surface area contributed by atoms with E-state index in [0.29, 0.717) is 42.3 Å². The smallest absolute Gasteiger partial charge is 0.251 e. The van der Waals surface area contributed by atoms with Gasteiger partial charge in [-0.15, -0.1) is 0 Å². The molecule has 0 radical (unpaired) electrons. The third-order valence-corrected chi connectivity index (χ3v) is 4.39. The minimum Gasteiger partial charge on any atom is -0.490 e. The largest absolute Gasteiger partial charge is 0.490 e. The molecule has 1 saturated heterocycles.